The fourth-order valence-electron chi connectivity index (χ4n) is 3.20. The van der Waals surface area contributed by atoms with E-state index in [-0.39, 0.29) is 35.9 Å². The molecule has 152 valence electrons. The summed E-state index contributed by atoms with van der Waals surface area (Å²) in [6, 6.07) is 20.6. The molecule has 0 aliphatic rings. The minimum Gasteiger partial charge on any atom is -0.309 e. The number of nitriles is 1. The highest BCUT2D eigenvalue weighted by Crippen LogP contribution is 2.21. The van der Waals surface area contributed by atoms with Gasteiger partial charge in [-0.05, 0) is 25.1 Å². The van der Waals surface area contributed by atoms with E-state index in [1.165, 1.54) is 10.9 Å². The van der Waals surface area contributed by atoms with Crippen molar-refractivity contribution in [1.29, 1.82) is 5.26 Å². The molecular formula is C24H19N5O2. The second-order valence-electron chi connectivity index (χ2n) is 7.13. The predicted molar refractivity (Wildman–Crippen MR) is 117 cm³/mol. The first-order valence-corrected chi connectivity index (χ1v) is 9.79. The molecule has 1 N–H and O–H groups in total. The zero-order chi connectivity index (χ0) is 21.8. The number of aromatic nitrogens is 3. The van der Waals surface area contributed by atoms with E-state index in [0.717, 1.165) is 16.5 Å². The van der Waals surface area contributed by atoms with Crippen LogP contribution in [0.4, 0.5) is 5.82 Å². The molecule has 0 unspecified atom stereocenters. The lowest BCUT2D eigenvalue weighted by Gasteiger charge is -2.10. The third-order valence-electron chi connectivity index (χ3n) is 4.90. The van der Waals surface area contributed by atoms with Gasteiger partial charge in [0.15, 0.2) is 17.4 Å². The van der Waals surface area contributed by atoms with Crippen molar-refractivity contribution in [2.24, 2.45) is 0 Å². The number of carbonyl (C=O) groups is 2. The van der Waals surface area contributed by atoms with Gasteiger partial charge in [-0.25, -0.2) is 4.98 Å². The van der Waals surface area contributed by atoms with Crippen molar-refractivity contribution in [1.82, 2.24) is 14.8 Å². The van der Waals surface area contributed by atoms with Gasteiger partial charge in [0, 0.05) is 23.8 Å². The summed E-state index contributed by atoms with van der Waals surface area (Å²) in [4.78, 5) is 29.4. The molecule has 0 aliphatic carbocycles. The molecule has 0 bridgehead atoms. The Morgan fingerprint density at radius 3 is 2.58 bits per heavy atom. The largest absolute Gasteiger partial charge is 0.309 e. The van der Waals surface area contributed by atoms with Crippen LogP contribution in [0.3, 0.4) is 0 Å². The number of rotatable bonds is 6. The average Bonchev–Trinajstić information content (AvgIpc) is 3.20. The maximum absolute atomic E-state index is 12.5. The van der Waals surface area contributed by atoms with Crippen LogP contribution in [0.1, 0.15) is 34.3 Å². The van der Waals surface area contributed by atoms with E-state index in [1.54, 1.807) is 18.2 Å². The second-order valence-corrected chi connectivity index (χ2v) is 7.13. The van der Waals surface area contributed by atoms with E-state index in [0.29, 0.717) is 11.4 Å². The number of hydrogen-bond donors (Lipinski definition) is 1. The molecule has 0 saturated carbocycles. The maximum Gasteiger partial charge on any atom is 0.226 e. The fourth-order valence-corrected chi connectivity index (χ4v) is 3.20. The number of aryl methyl sites for hydroxylation is 1. The van der Waals surface area contributed by atoms with Gasteiger partial charge in [0.2, 0.25) is 5.91 Å². The number of carbonyl (C=O) groups excluding carboxylic acids is 2. The Bertz CT molecular complexity index is 1320. The van der Waals surface area contributed by atoms with Crippen LogP contribution in [-0.4, -0.2) is 26.5 Å². The first-order valence-electron chi connectivity index (χ1n) is 9.79. The number of pyridine rings is 1. The standard InChI is InChI=1S/C24H19N5O2/c1-16-6-8-18(9-7-16)21(30)11-13-23(31)28-24-19(14-25)15-26-29(24)22-12-10-17-4-2-3-5-20(17)27-22/h2-10,12,15H,11,13H2,1H3,(H,28,31). The third-order valence-corrected chi connectivity index (χ3v) is 4.90. The molecule has 0 radical (unpaired) electrons. The predicted octanol–water partition coefficient (Wildman–Crippen LogP) is 4.20. The summed E-state index contributed by atoms with van der Waals surface area (Å²) in [5, 5.41) is 17.3. The molecule has 7 heteroatoms. The van der Waals surface area contributed by atoms with Gasteiger partial charge in [0.05, 0.1) is 11.7 Å². The van der Waals surface area contributed by atoms with Crippen LogP contribution in [0.15, 0.2) is 66.9 Å². The van der Waals surface area contributed by atoms with Gasteiger partial charge < -0.3 is 5.32 Å². The lowest BCUT2D eigenvalue weighted by Crippen LogP contribution is -2.17. The number of ketones is 1. The van der Waals surface area contributed by atoms with E-state index >= 15 is 0 Å². The molecule has 1 amide bonds. The fraction of sp³-hybridized carbons (Fsp3) is 0.125. The van der Waals surface area contributed by atoms with Crippen molar-refractivity contribution >= 4 is 28.4 Å². The smallest absolute Gasteiger partial charge is 0.226 e. The van der Waals surface area contributed by atoms with Crippen LogP contribution in [-0.2, 0) is 4.79 Å². The third kappa shape index (κ3) is 4.33. The van der Waals surface area contributed by atoms with E-state index in [4.69, 9.17) is 0 Å². The lowest BCUT2D eigenvalue weighted by atomic mass is 10.1. The number of amides is 1. The molecule has 0 spiro atoms. The minimum atomic E-state index is -0.375. The van der Waals surface area contributed by atoms with E-state index in [1.807, 2.05) is 55.5 Å². The first kappa shape index (κ1) is 20.0. The Balaban J connectivity index is 1.52. The second kappa shape index (κ2) is 8.59. The van der Waals surface area contributed by atoms with Crippen molar-refractivity contribution < 1.29 is 9.59 Å². The van der Waals surface area contributed by atoms with Crippen molar-refractivity contribution in [2.45, 2.75) is 19.8 Å². The first-order chi connectivity index (χ1) is 15.0. The summed E-state index contributed by atoms with van der Waals surface area (Å²) in [5.74, 6) is 0.226. The van der Waals surface area contributed by atoms with Gasteiger partial charge in [-0.3, -0.25) is 9.59 Å². The zero-order valence-electron chi connectivity index (χ0n) is 16.9. The summed E-state index contributed by atoms with van der Waals surface area (Å²) in [6.07, 6.45) is 1.44. The van der Waals surface area contributed by atoms with Crippen molar-refractivity contribution in [3.05, 3.63) is 83.6 Å². The Labute approximate surface area is 179 Å². The maximum atomic E-state index is 12.5. The van der Waals surface area contributed by atoms with Crippen molar-refractivity contribution in [3.63, 3.8) is 0 Å². The molecular weight excluding hydrogens is 390 g/mol. The molecule has 0 fully saturated rings. The molecule has 2 heterocycles. The zero-order valence-corrected chi connectivity index (χ0v) is 16.9. The van der Waals surface area contributed by atoms with Gasteiger partial charge in [0.25, 0.3) is 0 Å². The van der Waals surface area contributed by atoms with Gasteiger partial charge in [-0.15, -0.1) is 0 Å². The van der Waals surface area contributed by atoms with E-state index in [2.05, 4.69) is 15.4 Å². The lowest BCUT2D eigenvalue weighted by molar-refractivity contribution is -0.116. The minimum absolute atomic E-state index is 0.00604. The van der Waals surface area contributed by atoms with E-state index in [9.17, 15) is 14.9 Å². The molecule has 7 nitrogen and oxygen atoms in total. The Kier molecular flexibility index (Phi) is 5.54. The Hall–Kier alpha value is -4.31. The highest BCUT2D eigenvalue weighted by atomic mass is 16.2. The van der Waals surface area contributed by atoms with Gasteiger partial charge in [-0.2, -0.15) is 15.0 Å². The van der Waals surface area contributed by atoms with Gasteiger partial charge in [-0.1, -0.05) is 48.0 Å². The summed E-state index contributed by atoms with van der Waals surface area (Å²) < 4.78 is 1.42. The number of para-hydroxylation sites is 1. The molecule has 0 aliphatic heterocycles. The number of fused-ring (bicyclic) bond motifs is 1. The molecule has 0 atom stereocenters. The summed E-state index contributed by atoms with van der Waals surface area (Å²) in [7, 11) is 0. The highest BCUT2D eigenvalue weighted by Gasteiger charge is 2.17. The SMILES string of the molecule is Cc1ccc(C(=O)CCC(=O)Nc2c(C#N)cnn2-c2ccc3ccccc3n2)cc1. The van der Waals surface area contributed by atoms with Crippen LogP contribution >= 0.6 is 0 Å². The van der Waals surface area contributed by atoms with Crippen molar-refractivity contribution in [2.75, 3.05) is 5.32 Å². The number of nitrogens with zero attached hydrogens (tertiary/aromatic N) is 4. The normalized spacial score (nSPS) is 10.6. The molecule has 0 saturated heterocycles. The topological polar surface area (TPSA) is 101 Å². The Morgan fingerprint density at radius 2 is 1.81 bits per heavy atom. The molecule has 4 rings (SSSR count). The quantitative estimate of drug-likeness (QED) is 0.481. The van der Waals surface area contributed by atoms with Gasteiger partial charge in [0.1, 0.15) is 11.6 Å². The number of anilines is 1. The van der Waals surface area contributed by atoms with Crippen LogP contribution in [0.25, 0.3) is 16.7 Å². The molecule has 2 aromatic carbocycles. The molecule has 4 aromatic rings. The van der Waals surface area contributed by atoms with Crippen LogP contribution < -0.4 is 5.32 Å². The van der Waals surface area contributed by atoms with Gasteiger partial charge >= 0.3 is 0 Å². The number of nitrogens with one attached hydrogen (secondary N) is 1. The number of hydrogen-bond acceptors (Lipinski definition) is 5. The highest BCUT2D eigenvalue weighted by molar-refractivity contribution is 6.00. The van der Waals surface area contributed by atoms with Crippen molar-refractivity contribution in [3.8, 4) is 11.9 Å². The Morgan fingerprint density at radius 1 is 1.03 bits per heavy atom. The summed E-state index contributed by atoms with van der Waals surface area (Å²) in [6.45, 7) is 1.95. The number of Topliss-reactive ketones (excluding diaryl/α,β-unsaturated/α-hetero) is 1. The van der Waals surface area contributed by atoms with Crippen LogP contribution in [0.2, 0.25) is 0 Å². The number of benzene rings is 2. The average molecular weight is 409 g/mol. The summed E-state index contributed by atoms with van der Waals surface area (Å²) in [5.41, 5.74) is 2.62. The van der Waals surface area contributed by atoms with Crippen LogP contribution in [0, 0.1) is 18.3 Å². The monoisotopic (exact) mass is 409 g/mol. The summed E-state index contributed by atoms with van der Waals surface area (Å²) >= 11 is 0. The molecule has 2 aromatic heterocycles. The van der Waals surface area contributed by atoms with E-state index < -0.39 is 0 Å². The molecule has 31 heavy (non-hydrogen) atoms. The van der Waals surface area contributed by atoms with Crippen LogP contribution in [0.5, 0.6) is 0 Å².